The first-order valence-electron chi connectivity index (χ1n) is 6.30. The Hall–Kier alpha value is -2.07. The van der Waals surface area contributed by atoms with Gasteiger partial charge in [0.15, 0.2) is 11.6 Å². The lowest BCUT2D eigenvalue weighted by molar-refractivity contribution is 0.386. The molecule has 0 aliphatic heterocycles. The SMILES string of the molecule is COc1cc(C(N)c2ccc(OC)c(F)c2)ccc1C. The van der Waals surface area contributed by atoms with Gasteiger partial charge in [-0.15, -0.1) is 0 Å². The number of hydrogen-bond acceptors (Lipinski definition) is 3. The molecule has 0 spiro atoms. The highest BCUT2D eigenvalue weighted by molar-refractivity contribution is 5.42. The van der Waals surface area contributed by atoms with Crippen LogP contribution in [-0.4, -0.2) is 14.2 Å². The summed E-state index contributed by atoms with van der Waals surface area (Å²) in [6.45, 7) is 1.96. The molecule has 20 heavy (non-hydrogen) atoms. The summed E-state index contributed by atoms with van der Waals surface area (Å²) in [4.78, 5) is 0. The number of hydrogen-bond donors (Lipinski definition) is 1. The summed E-state index contributed by atoms with van der Waals surface area (Å²) in [7, 11) is 3.05. The zero-order valence-corrected chi connectivity index (χ0v) is 11.8. The van der Waals surface area contributed by atoms with Gasteiger partial charge in [0.2, 0.25) is 0 Å². The molecule has 2 rings (SSSR count). The first kappa shape index (κ1) is 14.3. The number of ether oxygens (including phenoxy) is 2. The Labute approximate surface area is 118 Å². The summed E-state index contributed by atoms with van der Waals surface area (Å²) >= 11 is 0. The van der Waals surface area contributed by atoms with E-state index in [1.807, 2.05) is 25.1 Å². The fourth-order valence-electron chi connectivity index (χ4n) is 2.10. The van der Waals surface area contributed by atoms with Gasteiger partial charge in [0, 0.05) is 0 Å². The van der Waals surface area contributed by atoms with Crippen molar-refractivity contribution < 1.29 is 13.9 Å². The van der Waals surface area contributed by atoms with Crippen LogP contribution in [0.1, 0.15) is 22.7 Å². The molecule has 0 heterocycles. The van der Waals surface area contributed by atoms with Crippen LogP contribution in [0.25, 0.3) is 0 Å². The topological polar surface area (TPSA) is 44.5 Å². The van der Waals surface area contributed by atoms with E-state index in [2.05, 4.69) is 0 Å². The van der Waals surface area contributed by atoms with Gasteiger partial charge in [0.1, 0.15) is 5.75 Å². The molecular formula is C16H18FNO2. The molecule has 2 N–H and O–H groups in total. The minimum absolute atomic E-state index is 0.211. The van der Waals surface area contributed by atoms with Crippen molar-refractivity contribution in [3.05, 3.63) is 58.9 Å². The minimum atomic E-state index is -0.417. The zero-order valence-electron chi connectivity index (χ0n) is 11.8. The number of benzene rings is 2. The average Bonchev–Trinajstić information content (AvgIpc) is 2.47. The van der Waals surface area contributed by atoms with Gasteiger partial charge in [-0.3, -0.25) is 0 Å². The average molecular weight is 275 g/mol. The molecular weight excluding hydrogens is 257 g/mol. The Morgan fingerprint density at radius 1 is 0.950 bits per heavy atom. The fraction of sp³-hybridized carbons (Fsp3) is 0.250. The van der Waals surface area contributed by atoms with E-state index in [9.17, 15) is 4.39 Å². The Kier molecular flexibility index (Phi) is 4.25. The summed E-state index contributed by atoms with van der Waals surface area (Å²) < 4.78 is 23.9. The fourth-order valence-corrected chi connectivity index (χ4v) is 2.10. The molecule has 0 fully saturated rings. The number of nitrogens with two attached hydrogens (primary N) is 1. The van der Waals surface area contributed by atoms with Crippen LogP contribution in [0.4, 0.5) is 4.39 Å². The van der Waals surface area contributed by atoms with Crippen molar-refractivity contribution in [1.29, 1.82) is 0 Å². The molecule has 0 saturated heterocycles. The maximum atomic E-state index is 13.7. The van der Waals surface area contributed by atoms with E-state index in [0.29, 0.717) is 5.56 Å². The predicted octanol–water partition coefficient (Wildman–Crippen LogP) is 3.20. The molecule has 1 unspecified atom stereocenters. The zero-order chi connectivity index (χ0) is 14.7. The van der Waals surface area contributed by atoms with E-state index in [4.69, 9.17) is 15.2 Å². The molecule has 3 nitrogen and oxygen atoms in total. The molecule has 0 aliphatic rings. The van der Waals surface area contributed by atoms with Crippen LogP contribution in [0, 0.1) is 12.7 Å². The van der Waals surface area contributed by atoms with E-state index in [1.54, 1.807) is 19.2 Å². The molecule has 106 valence electrons. The smallest absolute Gasteiger partial charge is 0.165 e. The van der Waals surface area contributed by atoms with Gasteiger partial charge in [-0.25, -0.2) is 4.39 Å². The Morgan fingerprint density at radius 3 is 2.15 bits per heavy atom. The first-order chi connectivity index (χ1) is 9.56. The summed E-state index contributed by atoms with van der Waals surface area (Å²) in [5, 5.41) is 0. The first-order valence-corrected chi connectivity index (χ1v) is 6.30. The molecule has 2 aromatic carbocycles. The van der Waals surface area contributed by atoms with Gasteiger partial charge >= 0.3 is 0 Å². The lowest BCUT2D eigenvalue weighted by atomic mass is 9.98. The van der Waals surface area contributed by atoms with Crippen molar-refractivity contribution in [2.45, 2.75) is 13.0 Å². The Bertz CT molecular complexity index is 613. The van der Waals surface area contributed by atoms with Crippen LogP contribution in [0.5, 0.6) is 11.5 Å². The molecule has 0 bridgehead atoms. The minimum Gasteiger partial charge on any atom is -0.496 e. The van der Waals surface area contributed by atoms with Crippen molar-refractivity contribution in [3.8, 4) is 11.5 Å². The quantitative estimate of drug-likeness (QED) is 0.932. The molecule has 0 amide bonds. The van der Waals surface area contributed by atoms with Gasteiger partial charge in [0.05, 0.1) is 20.3 Å². The number of halogens is 1. The second-order valence-electron chi connectivity index (χ2n) is 4.60. The van der Waals surface area contributed by atoms with Gasteiger partial charge in [-0.05, 0) is 41.8 Å². The van der Waals surface area contributed by atoms with Crippen molar-refractivity contribution in [3.63, 3.8) is 0 Å². The molecule has 0 saturated carbocycles. The van der Waals surface area contributed by atoms with Crippen molar-refractivity contribution in [2.75, 3.05) is 14.2 Å². The van der Waals surface area contributed by atoms with Crippen LogP contribution in [0.2, 0.25) is 0 Å². The van der Waals surface area contributed by atoms with Crippen LogP contribution in [-0.2, 0) is 0 Å². The Balaban J connectivity index is 2.35. The van der Waals surface area contributed by atoms with E-state index in [1.165, 1.54) is 13.2 Å². The van der Waals surface area contributed by atoms with E-state index >= 15 is 0 Å². The van der Waals surface area contributed by atoms with Crippen LogP contribution >= 0.6 is 0 Å². The molecule has 4 heteroatoms. The highest BCUT2D eigenvalue weighted by Crippen LogP contribution is 2.28. The summed E-state index contributed by atoms with van der Waals surface area (Å²) in [5.41, 5.74) is 8.78. The number of methoxy groups -OCH3 is 2. The lowest BCUT2D eigenvalue weighted by Gasteiger charge is -2.15. The molecule has 0 aliphatic carbocycles. The van der Waals surface area contributed by atoms with Crippen LogP contribution < -0.4 is 15.2 Å². The highest BCUT2D eigenvalue weighted by Gasteiger charge is 2.13. The maximum absolute atomic E-state index is 13.7. The summed E-state index contributed by atoms with van der Waals surface area (Å²) in [6.07, 6.45) is 0. The molecule has 0 aromatic heterocycles. The second-order valence-corrected chi connectivity index (χ2v) is 4.60. The van der Waals surface area contributed by atoms with Crippen LogP contribution in [0.3, 0.4) is 0 Å². The normalized spacial score (nSPS) is 12.1. The Morgan fingerprint density at radius 2 is 1.55 bits per heavy atom. The molecule has 1 atom stereocenters. The number of aryl methyl sites for hydroxylation is 1. The largest absolute Gasteiger partial charge is 0.496 e. The third-order valence-corrected chi connectivity index (χ3v) is 3.33. The third kappa shape index (κ3) is 2.75. The van der Waals surface area contributed by atoms with Gasteiger partial charge in [-0.1, -0.05) is 18.2 Å². The maximum Gasteiger partial charge on any atom is 0.165 e. The number of rotatable bonds is 4. The standard InChI is InChI=1S/C16H18FNO2/c1-10-4-5-12(9-15(10)20-3)16(18)11-6-7-14(19-2)13(17)8-11/h4-9,16H,18H2,1-3H3. The summed E-state index contributed by atoms with van der Waals surface area (Å²) in [5.74, 6) is 0.564. The highest BCUT2D eigenvalue weighted by atomic mass is 19.1. The van der Waals surface area contributed by atoms with Crippen molar-refractivity contribution in [1.82, 2.24) is 0 Å². The van der Waals surface area contributed by atoms with Crippen molar-refractivity contribution >= 4 is 0 Å². The van der Waals surface area contributed by atoms with E-state index in [-0.39, 0.29) is 5.75 Å². The summed E-state index contributed by atoms with van der Waals surface area (Å²) in [6, 6.07) is 10.1. The van der Waals surface area contributed by atoms with Crippen LogP contribution in [0.15, 0.2) is 36.4 Å². The van der Waals surface area contributed by atoms with Gasteiger partial charge in [-0.2, -0.15) is 0 Å². The van der Waals surface area contributed by atoms with Crippen molar-refractivity contribution in [2.24, 2.45) is 5.73 Å². The molecule has 2 aromatic rings. The van der Waals surface area contributed by atoms with E-state index < -0.39 is 11.9 Å². The molecule has 0 radical (unpaired) electrons. The second kappa shape index (κ2) is 5.92. The third-order valence-electron chi connectivity index (χ3n) is 3.33. The van der Waals surface area contributed by atoms with Gasteiger partial charge in [0.25, 0.3) is 0 Å². The predicted molar refractivity (Wildman–Crippen MR) is 76.7 cm³/mol. The van der Waals surface area contributed by atoms with E-state index in [0.717, 1.165) is 16.9 Å². The lowest BCUT2D eigenvalue weighted by Crippen LogP contribution is -2.12. The monoisotopic (exact) mass is 275 g/mol. The van der Waals surface area contributed by atoms with Gasteiger partial charge < -0.3 is 15.2 Å².